The molecule has 0 unspecified atom stereocenters. The molecule has 61 heavy (non-hydrogen) atoms. The molecule has 0 bridgehead atoms. The zero-order valence-electron chi connectivity index (χ0n) is 34.9. The van der Waals surface area contributed by atoms with Crippen molar-refractivity contribution in [3.63, 3.8) is 0 Å². The number of aromatic nitrogens is 2. The molecule has 5 aromatic rings. The maximum absolute atomic E-state index is 13.9. The molecule has 0 radical (unpaired) electrons. The van der Waals surface area contributed by atoms with Crippen LogP contribution in [0.25, 0.3) is 11.0 Å². The number of sulfonamides is 1. The van der Waals surface area contributed by atoms with Crippen LogP contribution >= 0.6 is 11.6 Å². The number of nitrogens with zero attached hydrogens (tertiary/aromatic N) is 4. The molecule has 3 fully saturated rings. The fraction of sp³-hybridized carbons (Fsp3) is 0.413. The number of aryl methyl sites for hydroxylation is 1. The average Bonchev–Trinajstić information content (AvgIpc) is 3.91. The molecule has 3 aromatic carbocycles. The maximum atomic E-state index is 13.9. The van der Waals surface area contributed by atoms with E-state index in [-0.39, 0.29) is 39.9 Å². The molecule has 15 heteroatoms. The Morgan fingerprint density at radius 2 is 1.74 bits per heavy atom. The predicted octanol–water partition coefficient (Wildman–Crippen LogP) is 7.29. The molecule has 3 N–H and O–H groups in total. The molecule has 2 atom stereocenters. The minimum atomic E-state index is -4.24. The van der Waals surface area contributed by atoms with E-state index < -0.39 is 15.9 Å². The van der Waals surface area contributed by atoms with Gasteiger partial charge in [-0.1, -0.05) is 37.6 Å². The van der Waals surface area contributed by atoms with Gasteiger partial charge in [0.25, 0.3) is 15.9 Å². The minimum absolute atomic E-state index is 0.00893. The summed E-state index contributed by atoms with van der Waals surface area (Å²) in [6.45, 7) is 13.4. The molecular formula is C46H54ClN7O6S. The number of carbonyl (C=O) groups excluding carboxylic acids is 2. The number of hydrogen-bond acceptors (Lipinski definition) is 10. The normalized spacial score (nSPS) is 19.1. The van der Waals surface area contributed by atoms with Crippen molar-refractivity contribution < 1.29 is 27.5 Å². The van der Waals surface area contributed by atoms with E-state index in [0.29, 0.717) is 35.4 Å². The summed E-state index contributed by atoms with van der Waals surface area (Å²) in [4.78, 5) is 41.3. The third-order valence-corrected chi connectivity index (χ3v) is 13.8. The summed E-state index contributed by atoms with van der Waals surface area (Å²) in [5.41, 5.74) is 4.42. The lowest BCUT2D eigenvalue weighted by molar-refractivity contribution is -0.133. The van der Waals surface area contributed by atoms with Crippen molar-refractivity contribution in [1.82, 2.24) is 24.5 Å². The van der Waals surface area contributed by atoms with Crippen LogP contribution in [0.3, 0.4) is 0 Å². The SMILES string of the molecule is Cc1cc(S(=O)(=O)NC(=O)c2ccc(N3CCN(C[C@H]4CN(C(=O)C(C)C)C[C@@H]4c4ccc(Cl)cc4)CC3)cc2Oc2cnc3[nH]ccc3c2)ccc1NCC1CCOCC1. The van der Waals surface area contributed by atoms with E-state index in [4.69, 9.17) is 21.1 Å². The molecule has 3 saturated heterocycles. The number of piperazine rings is 1. The van der Waals surface area contributed by atoms with Crippen molar-refractivity contribution in [1.29, 1.82) is 0 Å². The highest BCUT2D eigenvalue weighted by molar-refractivity contribution is 7.90. The molecule has 0 spiro atoms. The van der Waals surface area contributed by atoms with Crippen molar-refractivity contribution in [3.8, 4) is 11.5 Å². The number of H-pyrrole nitrogens is 1. The monoisotopic (exact) mass is 867 g/mol. The number of amides is 2. The third-order valence-electron chi connectivity index (χ3n) is 12.2. The highest BCUT2D eigenvalue weighted by Crippen LogP contribution is 2.36. The van der Waals surface area contributed by atoms with Crippen LogP contribution in [-0.2, 0) is 19.6 Å². The van der Waals surface area contributed by atoms with E-state index in [0.717, 1.165) is 87.6 Å². The van der Waals surface area contributed by atoms with E-state index in [2.05, 4.69) is 41.9 Å². The molecule has 322 valence electrons. The largest absolute Gasteiger partial charge is 0.455 e. The van der Waals surface area contributed by atoms with Gasteiger partial charge >= 0.3 is 0 Å². The molecule has 0 aliphatic carbocycles. The maximum Gasteiger partial charge on any atom is 0.268 e. The first-order valence-corrected chi connectivity index (χ1v) is 23.0. The number of anilines is 2. The van der Waals surface area contributed by atoms with Crippen LogP contribution in [0.5, 0.6) is 11.5 Å². The number of pyridine rings is 1. The number of ether oxygens (including phenoxy) is 2. The van der Waals surface area contributed by atoms with Crippen molar-refractivity contribution in [3.05, 3.63) is 107 Å². The Morgan fingerprint density at radius 3 is 2.48 bits per heavy atom. The lowest BCUT2D eigenvalue weighted by Crippen LogP contribution is -2.48. The topological polar surface area (TPSA) is 149 Å². The number of aromatic amines is 1. The van der Waals surface area contributed by atoms with E-state index in [1.165, 1.54) is 11.6 Å². The fourth-order valence-electron chi connectivity index (χ4n) is 8.73. The van der Waals surface area contributed by atoms with E-state index >= 15 is 0 Å². The van der Waals surface area contributed by atoms with E-state index in [1.54, 1.807) is 36.7 Å². The summed E-state index contributed by atoms with van der Waals surface area (Å²) in [7, 11) is -4.24. The Morgan fingerprint density at radius 1 is 0.967 bits per heavy atom. The number of likely N-dealkylation sites (tertiary alicyclic amines) is 1. The average molecular weight is 869 g/mol. The smallest absolute Gasteiger partial charge is 0.268 e. The van der Waals surface area contributed by atoms with Gasteiger partial charge in [-0.05, 0) is 97.3 Å². The number of benzene rings is 3. The number of rotatable bonds is 13. The van der Waals surface area contributed by atoms with Crippen molar-refractivity contribution in [2.24, 2.45) is 17.8 Å². The van der Waals surface area contributed by atoms with E-state index in [1.807, 2.05) is 56.0 Å². The van der Waals surface area contributed by atoms with Gasteiger partial charge in [0.05, 0.1) is 16.7 Å². The number of hydrogen-bond donors (Lipinski definition) is 3. The summed E-state index contributed by atoms with van der Waals surface area (Å²) in [6, 6.07) is 21.8. The summed E-state index contributed by atoms with van der Waals surface area (Å²) < 4.78 is 41.5. The van der Waals surface area contributed by atoms with Gasteiger partial charge in [-0.25, -0.2) is 18.1 Å². The fourth-order valence-corrected chi connectivity index (χ4v) is 9.91. The second-order valence-corrected chi connectivity index (χ2v) is 18.9. The van der Waals surface area contributed by atoms with Crippen molar-refractivity contribution in [2.75, 3.05) is 75.8 Å². The van der Waals surface area contributed by atoms with Crippen LogP contribution in [0.1, 0.15) is 54.1 Å². The van der Waals surface area contributed by atoms with Crippen LogP contribution in [0.15, 0.2) is 90.1 Å². The summed E-state index contributed by atoms with van der Waals surface area (Å²) in [5, 5.41) is 4.98. The highest BCUT2D eigenvalue weighted by atomic mass is 35.5. The molecule has 2 amide bonds. The van der Waals surface area contributed by atoms with Crippen LogP contribution in [0.2, 0.25) is 5.02 Å². The molecule has 13 nitrogen and oxygen atoms in total. The molecule has 2 aromatic heterocycles. The van der Waals surface area contributed by atoms with Crippen LogP contribution < -0.4 is 19.7 Å². The molecule has 0 saturated carbocycles. The minimum Gasteiger partial charge on any atom is -0.455 e. The standard InChI is InChI=1S/C46H54ClN7O6S/c1-30(2)46(56)54-28-35(41(29-54)33-4-6-36(47)7-5-33)27-52-16-18-53(19-17-52)37-8-10-40(43(24-37)60-38-23-34-12-15-48-44(34)50-26-38)45(55)51-61(57,58)39-9-11-42(31(3)22-39)49-25-32-13-20-59-21-14-32/h4-12,15,22-24,26,30,32,35,41,49H,13-14,16-21,25,27-29H2,1-3H3,(H,48,50)(H,51,55)/t35-,41+/m0/s1. The first-order valence-electron chi connectivity index (χ1n) is 21.2. The lowest BCUT2D eigenvalue weighted by Gasteiger charge is -2.38. The second-order valence-electron chi connectivity index (χ2n) is 16.8. The molecule has 5 heterocycles. The Bertz CT molecular complexity index is 2460. The first-order chi connectivity index (χ1) is 29.4. The van der Waals surface area contributed by atoms with Gasteiger partial charge in [0.15, 0.2) is 0 Å². The molecule has 3 aliphatic heterocycles. The zero-order chi connectivity index (χ0) is 42.7. The van der Waals surface area contributed by atoms with Gasteiger partial charge in [-0.3, -0.25) is 14.5 Å². The van der Waals surface area contributed by atoms with Crippen molar-refractivity contribution >= 4 is 55.8 Å². The highest BCUT2D eigenvalue weighted by Gasteiger charge is 2.38. The number of carbonyl (C=O) groups is 2. The summed E-state index contributed by atoms with van der Waals surface area (Å²) in [5.74, 6) is 0.911. The van der Waals surface area contributed by atoms with Crippen LogP contribution in [0.4, 0.5) is 11.4 Å². The third kappa shape index (κ3) is 9.99. The Balaban J connectivity index is 0.971. The lowest BCUT2D eigenvalue weighted by atomic mass is 9.88. The number of nitrogens with one attached hydrogen (secondary N) is 3. The van der Waals surface area contributed by atoms with E-state index in [9.17, 15) is 18.0 Å². The number of halogens is 1. The van der Waals surface area contributed by atoms with Crippen LogP contribution in [-0.4, -0.2) is 106 Å². The zero-order valence-corrected chi connectivity index (χ0v) is 36.5. The van der Waals surface area contributed by atoms with Gasteiger partial charge in [-0.2, -0.15) is 0 Å². The second kappa shape index (κ2) is 18.4. The van der Waals surface area contributed by atoms with Gasteiger partial charge < -0.3 is 29.6 Å². The molecule has 3 aliphatic rings. The summed E-state index contributed by atoms with van der Waals surface area (Å²) in [6.07, 6.45) is 5.33. The van der Waals surface area contributed by atoms with Gasteiger partial charge in [0.2, 0.25) is 5.91 Å². The van der Waals surface area contributed by atoms with Gasteiger partial charge in [0, 0.05) is 111 Å². The quantitative estimate of drug-likeness (QED) is 0.110. The van der Waals surface area contributed by atoms with Gasteiger partial charge in [-0.15, -0.1) is 0 Å². The predicted molar refractivity (Wildman–Crippen MR) is 238 cm³/mol. The summed E-state index contributed by atoms with van der Waals surface area (Å²) >= 11 is 6.23. The Labute approximate surface area is 362 Å². The number of fused-ring (bicyclic) bond motifs is 1. The Hall–Kier alpha value is -5.15. The van der Waals surface area contributed by atoms with Crippen LogP contribution in [0, 0.1) is 24.7 Å². The first kappa shape index (κ1) is 42.5. The van der Waals surface area contributed by atoms with Gasteiger partial charge in [0.1, 0.15) is 17.1 Å². The molecule has 8 rings (SSSR count). The van der Waals surface area contributed by atoms with Crippen molar-refractivity contribution in [2.45, 2.75) is 44.4 Å². The molecular weight excluding hydrogens is 814 g/mol. The Kier molecular flexibility index (Phi) is 12.9.